The van der Waals surface area contributed by atoms with E-state index in [-0.39, 0.29) is 16.6 Å². The van der Waals surface area contributed by atoms with Crippen molar-refractivity contribution in [3.63, 3.8) is 0 Å². The SMILES string of the molecule is COc1ccc(N2CCCC2=O)cc1S(=O)(=O)N1CCN(c2ccc3ccccc3n2)CC1. The zero-order chi connectivity index (χ0) is 23.0. The van der Waals surface area contributed by atoms with Crippen molar-refractivity contribution in [2.24, 2.45) is 0 Å². The highest BCUT2D eigenvalue weighted by Crippen LogP contribution is 2.33. The van der Waals surface area contributed by atoms with Gasteiger partial charge in [-0.1, -0.05) is 18.2 Å². The fourth-order valence-corrected chi connectivity index (χ4v) is 6.08. The molecule has 2 aliphatic heterocycles. The van der Waals surface area contributed by atoms with Gasteiger partial charge in [-0.25, -0.2) is 13.4 Å². The number of aromatic nitrogens is 1. The van der Waals surface area contributed by atoms with E-state index in [0.717, 1.165) is 23.1 Å². The average Bonchev–Trinajstić information content (AvgIpc) is 3.29. The van der Waals surface area contributed by atoms with Crippen molar-refractivity contribution in [2.75, 3.05) is 49.6 Å². The molecule has 3 heterocycles. The van der Waals surface area contributed by atoms with Gasteiger partial charge in [0.1, 0.15) is 16.5 Å². The second kappa shape index (κ2) is 8.64. The fourth-order valence-electron chi connectivity index (χ4n) is 4.48. The molecule has 0 spiro atoms. The van der Waals surface area contributed by atoms with Crippen molar-refractivity contribution in [2.45, 2.75) is 17.7 Å². The molecule has 2 aliphatic rings. The van der Waals surface area contributed by atoms with Crippen LogP contribution in [0.1, 0.15) is 12.8 Å². The molecule has 9 heteroatoms. The molecule has 172 valence electrons. The van der Waals surface area contributed by atoms with Gasteiger partial charge in [0.05, 0.1) is 12.6 Å². The number of carbonyl (C=O) groups excluding carboxylic acids is 1. The van der Waals surface area contributed by atoms with E-state index in [1.54, 1.807) is 23.1 Å². The number of anilines is 2. The Hall–Kier alpha value is -3.17. The van der Waals surface area contributed by atoms with Gasteiger partial charge in [0.2, 0.25) is 15.9 Å². The fraction of sp³-hybridized carbons (Fsp3) is 0.333. The average molecular weight is 467 g/mol. The third-order valence-corrected chi connectivity index (χ3v) is 8.22. The molecule has 5 rings (SSSR count). The van der Waals surface area contributed by atoms with Gasteiger partial charge in [0.15, 0.2) is 0 Å². The molecule has 0 N–H and O–H groups in total. The monoisotopic (exact) mass is 466 g/mol. The quantitative estimate of drug-likeness (QED) is 0.575. The van der Waals surface area contributed by atoms with Crippen LogP contribution in [0.3, 0.4) is 0 Å². The number of methoxy groups -OCH3 is 1. The third kappa shape index (κ3) is 4.02. The summed E-state index contributed by atoms with van der Waals surface area (Å²) in [6.07, 6.45) is 1.26. The first kappa shape index (κ1) is 21.7. The summed E-state index contributed by atoms with van der Waals surface area (Å²) in [7, 11) is -2.33. The second-order valence-corrected chi connectivity index (χ2v) is 10.1. The summed E-state index contributed by atoms with van der Waals surface area (Å²) in [5.41, 5.74) is 1.51. The molecule has 1 aromatic heterocycles. The lowest BCUT2D eigenvalue weighted by Crippen LogP contribution is -2.49. The molecule has 0 bridgehead atoms. The van der Waals surface area contributed by atoms with Crippen molar-refractivity contribution in [3.8, 4) is 5.75 Å². The van der Waals surface area contributed by atoms with E-state index in [2.05, 4.69) is 4.90 Å². The number of ether oxygens (including phenoxy) is 1. The van der Waals surface area contributed by atoms with Gasteiger partial charge < -0.3 is 14.5 Å². The molecule has 2 saturated heterocycles. The number of fused-ring (bicyclic) bond motifs is 1. The van der Waals surface area contributed by atoms with Crippen LogP contribution in [-0.4, -0.2) is 63.4 Å². The number of hydrogen-bond donors (Lipinski definition) is 0. The van der Waals surface area contributed by atoms with Crippen LogP contribution in [0, 0.1) is 0 Å². The number of rotatable bonds is 5. The van der Waals surface area contributed by atoms with Gasteiger partial charge in [-0.05, 0) is 42.8 Å². The standard InChI is InChI=1S/C24H26N4O4S/c1-32-21-10-9-19(28-12-4-7-24(28)29)17-22(21)33(30,31)27-15-13-26(14-16-27)23-11-8-18-5-2-3-6-20(18)25-23/h2-3,5-6,8-11,17H,4,7,12-16H2,1H3. The summed E-state index contributed by atoms with van der Waals surface area (Å²) < 4.78 is 33.9. The van der Waals surface area contributed by atoms with E-state index in [1.165, 1.54) is 11.4 Å². The number of piperazine rings is 1. The number of carbonyl (C=O) groups is 1. The van der Waals surface area contributed by atoms with E-state index in [1.807, 2.05) is 36.4 Å². The molecule has 33 heavy (non-hydrogen) atoms. The summed E-state index contributed by atoms with van der Waals surface area (Å²) in [6, 6.07) is 16.9. The molecular formula is C24H26N4O4S. The Kier molecular flexibility index (Phi) is 5.67. The number of para-hydroxylation sites is 1. The Morgan fingerprint density at radius 2 is 1.73 bits per heavy atom. The summed E-state index contributed by atoms with van der Waals surface area (Å²) in [5, 5.41) is 1.07. The van der Waals surface area contributed by atoms with Crippen LogP contribution in [0.15, 0.2) is 59.5 Å². The van der Waals surface area contributed by atoms with Crippen LogP contribution in [-0.2, 0) is 14.8 Å². The zero-order valence-corrected chi connectivity index (χ0v) is 19.3. The number of amides is 1. The maximum absolute atomic E-state index is 13.5. The van der Waals surface area contributed by atoms with Crippen LogP contribution in [0.25, 0.3) is 10.9 Å². The van der Waals surface area contributed by atoms with E-state index in [4.69, 9.17) is 9.72 Å². The van der Waals surface area contributed by atoms with Crippen LogP contribution in [0.4, 0.5) is 11.5 Å². The van der Waals surface area contributed by atoms with Gasteiger partial charge in [-0.15, -0.1) is 0 Å². The Bertz CT molecular complexity index is 1300. The minimum atomic E-state index is -3.79. The van der Waals surface area contributed by atoms with Gasteiger partial charge in [0, 0.05) is 50.2 Å². The lowest BCUT2D eigenvalue weighted by Gasteiger charge is -2.35. The summed E-state index contributed by atoms with van der Waals surface area (Å²) in [4.78, 5) is 20.7. The molecule has 0 unspecified atom stereocenters. The molecule has 3 aromatic rings. The van der Waals surface area contributed by atoms with Crippen molar-refractivity contribution < 1.29 is 17.9 Å². The number of benzene rings is 2. The van der Waals surface area contributed by atoms with Gasteiger partial charge in [0.25, 0.3) is 0 Å². The van der Waals surface area contributed by atoms with Crippen LogP contribution in [0.2, 0.25) is 0 Å². The molecule has 2 fully saturated rings. The molecule has 2 aromatic carbocycles. The third-order valence-electron chi connectivity index (χ3n) is 6.30. The Balaban J connectivity index is 1.37. The number of hydrogen-bond acceptors (Lipinski definition) is 6. The lowest BCUT2D eigenvalue weighted by atomic mass is 10.2. The van der Waals surface area contributed by atoms with Crippen molar-refractivity contribution in [1.82, 2.24) is 9.29 Å². The predicted octanol–water partition coefficient (Wildman–Crippen LogP) is 2.88. The largest absolute Gasteiger partial charge is 0.495 e. The first-order chi connectivity index (χ1) is 16.0. The lowest BCUT2D eigenvalue weighted by molar-refractivity contribution is -0.117. The second-order valence-electron chi connectivity index (χ2n) is 8.24. The molecule has 0 atom stereocenters. The Morgan fingerprint density at radius 3 is 2.45 bits per heavy atom. The number of pyridine rings is 1. The highest BCUT2D eigenvalue weighted by Gasteiger charge is 2.32. The molecule has 0 aliphatic carbocycles. The zero-order valence-electron chi connectivity index (χ0n) is 18.5. The van der Waals surface area contributed by atoms with Crippen molar-refractivity contribution in [1.29, 1.82) is 0 Å². The van der Waals surface area contributed by atoms with Crippen LogP contribution in [0.5, 0.6) is 5.75 Å². The minimum absolute atomic E-state index is 0.0139. The van der Waals surface area contributed by atoms with Crippen molar-refractivity contribution >= 4 is 38.3 Å². The van der Waals surface area contributed by atoms with Crippen LogP contribution < -0.4 is 14.5 Å². The summed E-state index contributed by atoms with van der Waals surface area (Å²) in [5.74, 6) is 1.14. The molecular weight excluding hydrogens is 440 g/mol. The number of sulfonamides is 1. The van der Waals surface area contributed by atoms with Gasteiger partial charge in [-0.3, -0.25) is 4.79 Å². The predicted molar refractivity (Wildman–Crippen MR) is 127 cm³/mol. The molecule has 8 nitrogen and oxygen atoms in total. The molecule has 0 saturated carbocycles. The van der Waals surface area contributed by atoms with Gasteiger partial charge in [-0.2, -0.15) is 4.31 Å². The first-order valence-electron chi connectivity index (χ1n) is 11.1. The van der Waals surface area contributed by atoms with Gasteiger partial charge >= 0.3 is 0 Å². The highest BCUT2D eigenvalue weighted by molar-refractivity contribution is 7.89. The van der Waals surface area contributed by atoms with E-state index in [9.17, 15) is 13.2 Å². The highest BCUT2D eigenvalue weighted by atomic mass is 32.2. The molecule has 1 amide bonds. The topological polar surface area (TPSA) is 83.0 Å². The smallest absolute Gasteiger partial charge is 0.246 e. The normalized spacial score (nSPS) is 17.7. The first-order valence-corrected chi connectivity index (χ1v) is 12.5. The summed E-state index contributed by atoms with van der Waals surface area (Å²) in [6.45, 7) is 2.36. The maximum atomic E-state index is 13.5. The minimum Gasteiger partial charge on any atom is -0.495 e. The maximum Gasteiger partial charge on any atom is 0.246 e. The Morgan fingerprint density at radius 1 is 0.939 bits per heavy atom. The number of nitrogens with zero attached hydrogens (tertiary/aromatic N) is 4. The Labute approximate surface area is 193 Å². The van der Waals surface area contributed by atoms with Crippen molar-refractivity contribution in [3.05, 3.63) is 54.6 Å². The van der Waals surface area contributed by atoms with E-state index >= 15 is 0 Å². The summed E-state index contributed by atoms with van der Waals surface area (Å²) >= 11 is 0. The van der Waals surface area contributed by atoms with Crippen LogP contribution >= 0.6 is 0 Å². The van der Waals surface area contributed by atoms with E-state index < -0.39 is 10.0 Å². The molecule has 0 radical (unpaired) electrons. The van der Waals surface area contributed by atoms with E-state index in [0.29, 0.717) is 44.8 Å².